The molecule has 3 rings (SSSR count). The Bertz CT molecular complexity index is 1060. The van der Waals surface area contributed by atoms with Crippen LogP contribution in [0.1, 0.15) is 39.0 Å². The molecule has 0 fully saturated rings. The van der Waals surface area contributed by atoms with Gasteiger partial charge in [-0.05, 0) is 48.9 Å². The summed E-state index contributed by atoms with van der Waals surface area (Å²) in [6.07, 6.45) is 2.95. The van der Waals surface area contributed by atoms with Gasteiger partial charge in [0.1, 0.15) is 11.5 Å². The minimum Gasteiger partial charge on any atom is -0.465 e. The Morgan fingerprint density at radius 1 is 0.839 bits per heavy atom. The maximum absolute atomic E-state index is 12.8. The van der Waals surface area contributed by atoms with Gasteiger partial charge in [0.25, 0.3) is 17.7 Å². The summed E-state index contributed by atoms with van der Waals surface area (Å²) in [5, 5.41) is 8.15. The highest BCUT2D eigenvalue weighted by Crippen LogP contribution is 2.09. The second-order valence-electron chi connectivity index (χ2n) is 6.63. The number of carbonyl (C=O) groups excluding carboxylic acids is 3. The van der Waals surface area contributed by atoms with Crippen LogP contribution in [-0.2, 0) is 11.3 Å². The summed E-state index contributed by atoms with van der Waals surface area (Å²) in [6, 6.07) is 18.9. The number of rotatable bonds is 8. The van der Waals surface area contributed by atoms with E-state index in [0.29, 0.717) is 23.4 Å². The Kier molecular flexibility index (Phi) is 7.37. The molecule has 3 aromatic rings. The zero-order valence-electron chi connectivity index (χ0n) is 17.1. The standard InChI is InChI=1S/C24H23N3O4/c1-2-25-22(28)19-12-10-17(11-13-19)16-26-24(30)21(15-20-9-6-14-31-20)27-23(29)18-7-4-3-5-8-18/h3-15H,2,16H2,1H3,(H,25,28)(H,26,30)(H,27,29). The van der Waals surface area contributed by atoms with E-state index in [2.05, 4.69) is 16.0 Å². The number of carbonyl (C=O) groups is 3. The number of hydrogen-bond donors (Lipinski definition) is 3. The highest BCUT2D eigenvalue weighted by Gasteiger charge is 2.15. The summed E-state index contributed by atoms with van der Waals surface area (Å²) >= 11 is 0. The van der Waals surface area contributed by atoms with Crippen molar-refractivity contribution in [2.24, 2.45) is 0 Å². The number of hydrogen-bond acceptors (Lipinski definition) is 4. The molecule has 0 aliphatic rings. The quantitative estimate of drug-likeness (QED) is 0.490. The molecule has 0 bridgehead atoms. The predicted octanol–water partition coefficient (Wildman–Crippen LogP) is 3.12. The summed E-state index contributed by atoms with van der Waals surface area (Å²) in [4.78, 5) is 37.1. The number of furan rings is 1. The van der Waals surface area contributed by atoms with Crippen molar-refractivity contribution in [1.82, 2.24) is 16.0 Å². The fourth-order valence-corrected chi connectivity index (χ4v) is 2.77. The molecule has 3 N–H and O–H groups in total. The highest BCUT2D eigenvalue weighted by atomic mass is 16.3. The topological polar surface area (TPSA) is 100 Å². The van der Waals surface area contributed by atoms with Crippen LogP contribution < -0.4 is 16.0 Å². The van der Waals surface area contributed by atoms with Crippen LogP contribution in [-0.4, -0.2) is 24.3 Å². The van der Waals surface area contributed by atoms with E-state index < -0.39 is 11.8 Å². The first kappa shape index (κ1) is 21.6. The summed E-state index contributed by atoms with van der Waals surface area (Å²) in [6.45, 7) is 2.63. The smallest absolute Gasteiger partial charge is 0.268 e. The molecule has 2 aromatic carbocycles. The fourth-order valence-electron chi connectivity index (χ4n) is 2.77. The van der Waals surface area contributed by atoms with Gasteiger partial charge in [-0.2, -0.15) is 0 Å². The van der Waals surface area contributed by atoms with E-state index in [-0.39, 0.29) is 18.1 Å². The average molecular weight is 417 g/mol. The lowest BCUT2D eigenvalue weighted by molar-refractivity contribution is -0.117. The van der Waals surface area contributed by atoms with Crippen molar-refractivity contribution in [2.45, 2.75) is 13.5 Å². The molecule has 7 heteroatoms. The van der Waals surface area contributed by atoms with E-state index in [0.717, 1.165) is 5.56 Å². The van der Waals surface area contributed by atoms with Crippen LogP contribution in [0, 0.1) is 0 Å². The van der Waals surface area contributed by atoms with E-state index in [9.17, 15) is 14.4 Å². The van der Waals surface area contributed by atoms with Crippen molar-refractivity contribution in [3.63, 3.8) is 0 Å². The molecule has 0 aliphatic heterocycles. The van der Waals surface area contributed by atoms with Gasteiger partial charge < -0.3 is 20.4 Å². The van der Waals surface area contributed by atoms with E-state index in [1.54, 1.807) is 66.7 Å². The van der Waals surface area contributed by atoms with E-state index in [4.69, 9.17) is 4.42 Å². The predicted molar refractivity (Wildman–Crippen MR) is 117 cm³/mol. The van der Waals surface area contributed by atoms with E-state index in [1.165, 1.54) is 12.3 Å². The van der Waals surface area contributed by atoms with Gasteiger partial charge in [-0.25, -0.2) is 0 Å². The van der Waals surface area contributed by atoms with Crippen LogP contribution in [0.3, 0.4) is 0 Å². The van der Waals surface area contributed by atoms with Crippen LogP contribution >= 0.6 is 0 Å². The molecule has 158 valence electrons. The lowest BCUT2D eigenvalue weighted by Gasteiger charge is -2.11. The summed E-state index contributed by atoms with van der Waals surface area (Å²) in [5.41, 5.74) is 1.85. The zero-order valence-corrected chi connectivity index (χ0v) is 17.1. The lowest BCUT2D eigenvalue weighted by Crippen LogP contribution is -2.34. The van der Waals surface area contributed by atoms with Crippen LogP contribution in [0.2, 0.25) is 0 Å². The molecule has 0 radical (unpaired) electrons. The number of benzene rings is 2. The van der Waals surface area contributed by atoms with Gasteiger partial charge in [0, 0.05) is 30.3 Å². The normalized spacial score (nSPS) is 10.9. The maximum atomic E-state index is 12.8. The van der Waals surface area contributed by atoms with Gasteiger partial charge in [0.2, 0.25) is 0 Å². The first-order valence-electron chi connectivity index (χ1n) is 9.83. The summed E-state index contributed by atoms with van der Waals surface area (Å²) in [5.74, 6) is -0.580. The third-order valence-electron chi connectivity index (χ3n) is 4.37. The third kappa shape index (κ3) is 6.17. The molecule has 0 atom stereocenters. The molecule has 0 aliphatic carbocycles. The van der Waals surface area contributed by atoms with Gasteiger partial charge in [-0.3, -0.25) is 14.4 Å². The Hall–Kier alpha value is -4.13. The molecule has 0 spiro atoms. The largest absolute Gasteiger partial charge is 0.465 e. The molecular formula is C24H23N3O4. The maximum Gasteiger partial charge on any atom is 0.268 e. The van der Waals surface area contributed by atoms with Gasteiger partial charge in [0.15, 0.2) is 0 Å². The van der Waals surface area contributed by atoms with Crippen molar-refractivity contribution < 1.29 is 18.8 Å². The second kappa shape index (κ2) is 10.6. The number of nitrogens with one attached hydrogen (secondary N) is 3. The molecule has 1 heterocycles. The number of amides is 3. The Labute approximate surface area is 180 Å². The Morgan fingerprint density at radius 3 is 2.19 bits per heavy atom. The van der Waals surface area contributed by atoms with Crippen molar-refractivity contribution in [1.29, 1.82) is 0 Å². The molecule has 31 heavy (non-hydrogen) atoms. The van der Waals surface area contributed by atoms with Gasteiger partial charge in [0.05, 0.1) is 6.26 Å². The molecule has 1 aromatic heterocycles. The molecule has 0 saturated carbocycles. The minimum atomic E-state index is -0.464. The fraction of sp³-hybridized carbons (Fsp3) is 0.125. The molecule has 0 unspecified atom stereocenters. The molecule has 0 saturated heterocycles. The zero-order chi connectivity index (χ0) is 22.1. The Morgan fingerprint density at radius 2 is 1.55 bits per heavy atom. The molecular weight excluding hydrogens is 394 g/mol. The monoisotopic (exact) mass is 417 g/mol. The van der Waals surface area contributed by atoms with Gasteiger partial charge in [-0.15, -0.1) is 0 Å². The van der Waals surface area contributed by atoms with Crippen molar-refractivity contribution in [2.75, 3.05) is 6.54 Å². The van der Waals surface area contributed by atoms with Gasteiger partial charge in [-0.1, -0.05) is 30.3 Å². The van der Waals surface area contributed by atoms with Crippen molar-refractivity contribution >= 4 is 23.8 Å². The van der Waals surface area contributed by atoms with E-state index >= 15 is 0 Å². The SMILES string of the molecule is CCNC(=O)c1ccc(CNC(=O)C(=Cc2ccco2)NC(=O)c2ccccc2)cc1. The Balaban J connectivity index is 1.69. The highest BCUT2D eigenvalue weighted by molar-refractivity contribution is 6.05. The third-order valence-corrected chi connectivity index (χ3v) is 4.37. The molecule has 7 nitrogen and oxygen atoms in total. The first-order valence-corrected chi connectivity index (χ1v) is 9.83. The molecule has 3 amide bonds. The second-order valence-corrected chi connectivity index (χ2v) is 6.63. The average Bonchev–Trinajstić information content (AvgIpc) is 3.31. The lowest BCUT2D eigenvalue weighted by atomic mass is 10.1. The van der Waals surface area contributed by atoms with Crippen molar-refractivity contribution in [3.05, 3.63) is 101 Å². The van der Waals surface area contributed by atoms with E-state index in [1.807, 2.05) is 6.92 Å². The van der Waals surface area contributed by atoms with Gasteiger partial charge >= 0.3 is 0 Å². The minimum absolute atomic E-state index is 0.0581. The van der Waals surface area contributed by atoms with Crippen LogP contribution in [0.4, 0.5) is 0 Å². The summed E-state index contributed by atoms with van der Waals surface area (Å²) < 4.78 is 5.27. The van der Waals surface area contributed by atoms with Crippen molar-refractivity contribution in [3.8, 4) is 0 Å². The van der Waals surface area contributed by atoms with Crippen LogP contribution in [0.15, 0.2) is 83.1 Å². The summed E-state index contributed by atoms with van der Waals surface area (Å²) in [7, 11) is 0. The van der Waals surface area contributed by atoms with Crippen LogP contribution in [0.5, 0.6) is 0 Å². The van der Waals surface area contributed by atoms with Crippen LogP contribution in [0.25, 0.3) is 6.08 Å². The first-order chi connectivity index (χ1) is 15.1.